The van der Waals surface area contributed by atoms with Crippen LogP contribution < -0.4 is 15.2 Å². The highest BCUT2D eigenvalue weighted by Gasteiger charge is 2.23. The Hall–Kier alpha value is -3.81. The van der Waals surface area contributed by atoms with E-state index in [-0.39, 0.29) is 11.7 Å². The fourth-order valence-corrected chi connectivity index (χ4v) is 2.61. The zero-order valence-electron chi connectivity index (χ0n) is 15.4. The maximum absolute atomic E-state index is 11.7. The van der Waals surface area contributed by atoms with Crippen LogP contribution in [0.5, 0.6) is 11.5 Å². The van der Waals surface area contributed by atoms with E-state index in [1.165, 1.54) is 11.8 Å². The minimum Gasteiger partial charge on any atom is -0.493 e. The van der Waals surface area contributed by atoms with Crippen LogP contribution in [0.15, 0.2) is 59.8 Å². The van der Waals surface area contributed by atoms with Crippen LogP contribution in [-0.2, 0) is 4.79 Å². The minimum atomic E-state index is -1.17. The van der Waals surface area contributed by atoms with Crippen molar-refractivity contribution in [2.24, 2.45) is 5.10 Å². The zero-order chi connectivity index (χ0) is 20.1. The molecule has 0 amide bonds. The Balaban J connectivity index is 1.90. The number of hydrogen-bond acceptors (Lipinski definition) is 6. The predicted molar refractivity (Wildman–Crippen MR) is 105 cm³/mol. The zero-order valence-corrected chi connectivity index (χ0v) is 15.4. The Bertz CT molecular complexity index is 999. The number of hydrogen-bond donors (Lipinski definition) is 2. The highest BCUT2D eigenvalue weighted by atomic mass is 16.5. The number of nitrogens with two attached hydrogens (primary N) is 1. The van der Waals surface area contributed by atoms with Gasteiger partial charge in [0.25, 0.3) is 0 Å². The summed E-state index contributed by atoms with van der Waals surface area (Å²) in [7, 11) is 1.49. The first-order valence-corrected chi connectivity index (χ1v) is 8.46. The standard InChI is InChI=1S/C20H20N4O4/c1-13-12-24(20(21)23-13)22-11-14-8-9-16(27-2)17(10-14)28-18(19(25)26)15-6-4-3-5-7-15/h3-12,18H,1-2H3,(H2,21,23)(H,25,26). The molecule has 0 saturated carbocycles. The molecule has 8 nitrogen and oxygen atoms in total. The fraction of sp³-hybridized carbons (Fsp3) is 0.150. The molecule has 1 heterocycles. The first-order chi connectivity index (χ1) is 13.5. The molecule has 0 bridgehead atoms. The number of methoxy groups -OCH3 is 1. The van der Waals surface area contributed by atoms with Crippen LogP contribution >= 0.6 is 0 Å². The van der Waals surface area contributed by atoms with E-state index in [1.807, 2.05) is 13.0 Å². The van der Waals surface area contributed by atoms with E-state index in [0.29, 0.717) is 16.9 Å². The van der Waals surface area contributed by atoms with Crippen molar-refractivity contribution in [2.75, 3.05) is 12.8 Å². The Morgan fingerprint density at radius 2 is 2.00 bits per heavy atom. The Labute approximate surface area is 161 Å². The molecule has 0 aliphatic heterocycles. The molecule has 0 radical (unpaired) electrons. The number of aryl methyl sites for hydroxylation is 1. The van der Waals surface area contributed by atoms with Crippen molar-refractivity contribution < 1.29 is 19.4 Å². The van der Waals surface area contributed by atoms with Crippen LogP contribution in [0.4, 0.5) is 5.95 Å². The maximum atomic E-state index is 11.7. The molecular weight excluding hydrogens is 360 g/mol. The van der Waals surface area contributed by atoms with Crippen LogP contribution in [0.1, 0.15) is 22.9 Å². The van der Waals surface area contributed by atoms with Gasteiger partial charge in [-0.1, -0.05) is 30.3 Å². The number of anilines is 1. The van der Waals surface area contributed by atoms with Gasteiger partial charge in [0, 0.05) is 5.56 Å². The third-order valence-corrected chi connectivity index (χ3v) is 3.93. The molecule has 3 N–H and O–H groups in total. The lowest BCUT2D eigenvalue weighted by atomic mass is 10.1. The molecule has 1 aromatic heterocycles. The van der Waals surface area contributed by atoms with E-state index in [1.54, 1.807) is 54.9 Å². The average molecular weight is 380 g/mol. The van der Waals surface area contributed by atoms with E-state index in [9.17, 15) is 9.90 Å². The van der Waals surface area contributed by atoms with Gasteiger partial charge in [-0.15, -0.1) is 0 Å². The molecule has 3 aromatic rings. The van der Waals surface area contributed by atoms with E-state index in [0.717, 1.165) is 5.69 Å². The van der Waals surface area contributed by atoms with Gasteiger partial charge in [0.2, 0.25) is 12.1 Å². The minimum absolute atomic E-state index is 0.272. The molecule has 144 valence electrons. The summed E-state index contributed by atoms with van der Waals surface area (Å²) in [6, 6.07) is 13.8. The second-order valence-corrected chi connectivity index (χ2v) is 5.99. The van der Waals surface area contributed by atoms with Gasteiger partial charge in [-0.25, -0.2) is 14.5 Å². The molecule has 0 spiro atoms. The summed E-state index contributed by atoms with van der Waals surface area (Å²) >= 11 is 0. The molecule has 0 fully saturated rings. The quantitative estimate of drug-likeness (QED) is 0.610. The van der Waals surface area contributed by atoms with Gasteiger partial charge in [0.1, 0.15) is 0 Å². The molecule has 0 saturated heterocycles. The number of nitrogens with zero attached hydrogens (tertiary/aromatic N) is 3. The van der Waals surface area contributed by atoms with E-state index in [4.69, 9.17) is 15.2 Å². The summed E-state index contributed by atoms with van der Waals surface area (Å²) < 4.78 is 12.5. The molecule has 0 aliphatic carbocycles. The van der Waals surface area contributed by atoms with Crippen molar-refractivity contribution in [1.82, 2.24) is 9.66 Å². The van der Waals surface area contributed by atoms with Crippen molar-refractivity contribution in [3.05, 3.63) is 71.5 Å². The Morgan fingerprint density at radius 3 is 2.61 bits per heavy atom. The highest BCUT2D eigenvalue weighted by Crippen LogP contribution is 2.32. The summed E-state index contributed by atoms with van der Waals surface area (Å²) in [6.07, 6.45) is 2.10. The number of nitrogen functional groups attached to an aromatic ring is 1. The van der Waals surface area contributed by atoms with Crippen molar-refractivity contribution in [2.45, 2.75) is 13.0 Å². The molecule has 1 atom stereocenters. The summed E-state index contributed by atoms with van der Waals surface area (Å²) in [5.74, 6) is -0.127. The largest absolute Gasteiger partial charge is 0.493 e. The van der Waals surface area contributed by atoms with E-state index >= 15 is 0 Å². The van der Waals surface area contributed by atoms with E-state index in [2.05, 4.69) is 10.1 Å². The number of aromatic nitrogens is 2. The Kier molecular flexibility index (Phi) is 5.59. The normalized spacial score (nSPS) is 12.1. The monoisotopic (exact) mass is 380 g/mol. The number of rotatable bonds is 7. The topological polar surface area (TPSA) is 112 Å². The van der Waals surface area contributed by atoms with Crippen molar-refractivity contribution in [3.63, 3.8) is 0 Å². The fourth-order valence-electron chi connectivity index (χ4n) is 2.61. The smallest absolute Gasteiger partial charge is 0.349 e. The second kappa shape index (κ2) is 8.26. The third kappa shape index (κ3) is 4.29. The molecular formula is C20H20N4O4. The van der Waals surface area contributed by atoms with Crippen LogP contribution in [0.25, 0.3) is 0 Å². The maximum Gasteiger partial charge on any atom is 0.349 e. The van der Waals surface area contributed by atoms with Crippen LogP contribution in [0.3, 0.4) is 0 Å². The molecule has 28 heavy (non-hydrogen) atoms. The summed E-state index contributed by atoms with van der Waals surface area (Å²) in [6.45, 7) is 1.82. The number of carboxylic acids is 1. The Morgan fingerprint density at radius 1 is 1.25 bits per heavy atom. The molecule has 2 aromatic carbocycles. The van der Waals surface area contributed by atoms with Crippen molar-refractivity contribution in [3.8, 4) is 11.5 Å². The lowest BCUT2D eigenvalue weighted by molar-refractivity contribution is -0.145. The van der Waals surface area contributed by atoms with Gasteiger partial charge >= 0.3 is 5.97 Å². The summed E-state index contributed by atoms with van der Waals surface area (Å²) in [5.41, 5.74) is 7.73. The molecule has 0 aliphatic rings. The number of carbonyl (C=O) groups is 1. The summed E-state index contributed by atoms with van der Waals surface area (Å²) in [5, 5.41) is 13.8. The number of imidazole rings is 1. The number of aliphatic carboxylic acids is 1. The van der Waals surface area contributed by atoms with Gasteiger partial charge in [-0.05, 0) is 30.7 Å². The third-order valence-electron chi connectivity index (χ3n) is 3.93. The predicted octanol–water partition coefficient (Wildman–Crippen LogP) is 2.87. The lowest BCUT2D eigenvalue weighted by Gasteiger charge is -2.17. The van der Waals surface area contributed by atoms with Gasteiger partial charge in [0.15, 0.2) is 11.5 Å². The first kappa shape index (κ1) is 19.0. The van der Waals surface area contributed by atoms with Gasteiger partial charge in [-0.2, -0.15) is 5.10 Å². The van der Waals surface area contributed by atoms with Crippen molar-refractivity contribution in [1.29, 1.82) is 0 Å². The lowest BCUT2D eigenvalue weighted by Crippen LogP contribution is -2.18. The molecule has 8 heteroatoms. The second-order valence-electron chi connectivity index (χ2n) is 5.99. The van der Waals surface area contributed by atoms with Gasteiger partial charge in [-0.3, -0.25) is 0 Å². The van der Waals surface area contributed by atoms with E-state index < -0.39 is 12.1 Å². The van der Waals surface area contributed by atoms with Gasteiger partial charge in [0.05, 0.1) is 25.2 Å². The van der Waals surface area contributed by atoms with Crippen LogP contribution in [0, 0.1) is 6.92 Å². The number of carboxylic acid groups (broad SMARTS) is 1. The van der Waals surface area contributed by atoms with Crippen molar-refractivity contribution >= 4 is 18.1 Å². The highest BCUT2D eigenvalue weighted by molar-refractivity contribution is 5.81. The first-order valence-electron chi connectivity index (χ1n) is 8.46. The SMILES string of the molecule is COc1ccc(C=Nn2cc(C)nc2N)cc1OC(C(=O)O)c1ccccc1. The van der Waals surface area contributed by atoms with Gasteiger partial charge < -0.3 is 20.3 Å². The van der Waals surface area contributed by atoms with Crippen LogP contribution in [0.2, 0.25) is 0 Å². The number of ether oxygens (including phenoxy) is 2. The molecule has 3 rings (SSSR count). The van der Waals surface area contributed by atoms with Crippen LogP contribution in [-0.4, -0.2) is 34.1 Å². The average Bonchev–Trinajstić information content (AvgIpc) is 3.02. The summed E-state index contributed by atoms with van der Waals surface area (Å²) in [4.78, 5) is 15.8. The molecule has 1 unspecified atom stereocenters. The number of benzene rings is 2.